The fourth-order valence-corrected chi connectivity index (χ4v) is 3.09. The summed E-state index contributed by atoms with van der Waals surface area (Å²) in [5.74, 6) is 0.807. The number of para-hydroxylation sites is 2. The number of carbonyl (C=O) groups excluding carboxylic acids is 1. The van der Waals surface area contributed by atoms with Crippen LogP contribution in [-0.4, -0.2) is 13.0 Å². The first kappa shape index (κ1) is 16.3. The first-order valence-electron chi connectivity index (χ1n) is 8.47. The van der Waals surface area contributed by atoms with E-state index in [0.717, 1.165) is 41.8 Å². The van der Waals surface area contributed by atoms with Gasteiger partial charge in [0, 0.05) is 5.57 Å². The Hall–Kier alpha value is -2.55. The molecule has 0 N–H and O–H groups in total. The van der Waals surface area contributed by atoms with E-state index < -0.39 is 0 Å². The van der Waals surface area contributed by atoms with Gasteiger partial charge in [-0.15, -0.1) is 0 Å². The first-order chi connectivity index (χ1) is 11.8. The van der Waals surface area contributed by atoms with Crippen molar-refractivity contribution >= 4 is 11.6 Å². The maximum Gasteiger partial charge on any atom is 0.254 e. The summed E-state index contributed by atoms with van der Waals surface area (Å²) in [4.78, 5) is 15.0. The van der Waals surface area contributed by atoms with Crippen molar-refractivity contribution < 1.29 is 9.53 Å². The molecule has 0 unspecified atom stereocenters. The van der Waals surface area contributed by atoms with Crippen LogP contribution < -0.4 is 9.64 Å². The molecule has 0 spiro atoms. The van der Waals surface area contributed by atoms with Gasteiger partial charge in [-0.25, -0.2) is 0 Å². The SMILES string of the molecule is COc1ccccc1N(Cc1ccccc1)C(=O)C1=CCCCC1. The molecule has 1 aliphatic rings. The van der Waals surface area contributed by atoms with Crippen molar-refractivity contribution in [3.05, 3.63) is 71.8 Å². The van der Waals surface area contributed by atoms with Gasteiger partial charge in [0.1, 0.15) is 5.75 Å². The number of anilines is 1. The fraction of sp³-hybridized carbons (Fsp3) is 0.286. The van der Waals surface area contributed by atoms with E-state index in [1.165, 1.54) is 6.42 Å². The number of amides is 1. The number of hydrogen-bond donors (Lipinski definition) is 0. The van der Waals surface area contributed by atoms with Crippen LogP contribution in [0.1, 0.15) is 31.2 Å². The summed E-state index contributed by atoms with van der Waals surface area (Å²) in [5, 5.41) is 0. The van der Waals surface area contributed by atoms with E-state index in [2.05, 4.69) is 6.08 Å². The molecule has 0 aromatic heterocycles. The highest BCUT2D eigenvalue weighted by atomic mass is 16.5. The molecule has 1 aliphatic carbocycles. The average Bonchev–Trinajstić information content (AvgIpc) is 2.67. The number of methoxy groups -OCH3 is 1. The molecule has 2 aromatic carbocycles. The van der Waals surface area contributed by atoms with Crippen LogP contribution in [0.25, 0.3) is 0 Å². The molecule has 2 aromatic rings. The van der Waals surface area contributed by atoms with Crippen molar-refractivity contribution in [1.29, 1.82) is 0 Å². The molecule has 0 fully saturated rings. The van der Waals surface area contributed by atoms with Gasteiger partial charge in [0.25, 0.3) is 5.91 Å². The molecule has 0 aliphatic heterocycles. The third-order valence-electron chi connectivity index (χ3n) is 4.37. The van der Waals surface area contributed by atoms with Crippen molar-refractivity contribution in [1.82, 2.24) is 0 Å². The monoisotopic (exact) mass is 321 g/mol. The number of rotatable bonds is 5. The number of hydrogen-bond acceptors (Lipinski definition) is 2. The van der Waals surface area contributed by atoms with Crippen LogP contribution in [0.15, 0.2) is 66.2 Å². The van der Waals surface area contributed by atoms with Gasteiger partial charge in [-0.1, -0.05) is 48.5 Å². The minimum Gasteiger partial charge on any atom is -0.495 e. The molecule has 0 radical (unpaired) electrons. The minimum absolute atomic E-state index is 0.0862. The number of allylic oxidation sites excluding steroid dienone is 1. The largest absolute Gasteiger partial charge is 0.495 e. The molecule has 0 saturated heterocycles. The summed E-state index contributed by atoms with van der Waals surface area (Å²) in [6, 6.07) is 17.8. The molecule has 3 nitrogen and oxygen atoms in total. The Kier molecular flexibility index (Phi) is 5.32. The third kappa shape index (κ3) is 3.67. The van der Waals surface area contributed by atoms with Crippen LogP contribution >= 0.6 is 0 Å². The minimum atomic E-state index is 0.0862. The number of nitrogens with zero attached hydrogens (tertiary/aromatic N) is 1. The topological polar surface area (TPSA) is 29.5 Å². The van der Waals surface area contributed by atoms with Crippen molar-refractivity contribution in [3.63, 3.8) is 0 Å². The van der Waals surface area contributed by atoms with Gasteiger partial charge in [-0.3, -0.25) is 4.79 Å². The van der Waals surface area contributed by atoms with Gasteiger partial charge in [0.05, 0.1) is 19.3 Å². The molecule has 1 amide bonds. The predicted octanol–water partition coefficient (Wildman–Crippen LogP) is 4.73. The smallest absolute Gasteiger partial charge is 0.254 e. The highest BCUT2D eigenvalue weighted by molar-refractivity contribution is 6.06. The van der Waals surface area contributed by atoms with Gasteiger partial charge < -0.3 is 9.64 Å². The van der Waals surface area contributed by atoms with E-state index in [-0.39, 0.29) is 5.91 Å². The zero-order valence-corrected chi connectivity index (χ0v) is 14.1. The van der Waals surface area contributed by atoms with Crippen molar-refractivity contribution in [2.24, 2.45) is 0 Å². The van der Waals surface area contributed by atoms with E-state index in [0.29, 0.717) is 6.54 Å². The van der Waals surface area contributed by atoms with E-state index in [9.17, 15) is 4.79 Å². The van der Waals surface area contributed by atoms with Gasteiger partial charge >= 0.3 is 0 Å². The highest BCUT2D eigenvalue weighted by Gasteiger charge is 2.23. The molecule has 3 rings (SSSR count). The summed E-state index contributed by atoms with van der Waals surface area (Å²) in [5.41, 5.74) is 2.84. The lowest BCUT2D eigenvalue weighted by molar-refractivity contribution is -0.115. The van der Waals surface area contributed by atoms with Crippen LogP contribution in [0.5, 0.6) is 5.75 Å². The molecular formula is C21H23NO2. The van der Waals surface area contributed by atoms with Crippen LogP contribution in [0, 0.1) is 0 Å². The van der Waals surface area contributed by atoms with Crippen molar-refractivity contribution in [2.75, 3.05) is 12.0 Å². The first-order valence-corrected chi connectivity index (χ1v) is 8.47. The van der Waals surface area contributed by atoms with E-state index in [1.54, 1.807) is 7.11 Å². The maximum atomic E-state index is 13.2. The van der Waals surface area contributed by atoms with Gasteiger partial charge in [0.15, 0.2) is 0 Å². The zero-order chi connectivity index (χ0) is 16.8. The lowest BCUT2D eigenvalue weighted by Crippen LogP contribution is -2.32. The second kappa shape index (κ2) is 7.82. The van der Waals surface area contributed by atoms with E-state index in [1.807, 2.05) is 59.5 Å². The van der Waals surface area contributed by atoms with Crippen molar-refractivity contribution in [2.45, 2.75) is 32.2 Å². The lowest BCUT2D eigenvalue weighted by Gasteiger charge is -2.27. The Morgan fingerprint density at radius 1 is 1.04 bits per heavy atom. The second-order valence-corrected chi connectivity index (χ2v) is 6.02. The number of benzene rings is 2. The molecule has 124 valence electrons. The van der Waals surface area contributed by atoms with Gasteiger partial charge in [-0.05, 0) is 43.4 Å². The lowest BCUT2D eigenvalue weighted by atomic mass is 9.98. The van der Waals surface area contributed by atoms with Crippen molar-refractivity contribution in [3.8, 4) is 5.75 Å². The summed E-state index contributed by atoms with van der Waals surface area (Å²) in [6.45, 7) is 0.539. The Balaban J connectivity index is 1.97. The normalized spacial score (nSPS) is 14.0. The quantitative estimate of drug-likeness (QED) is 0.797. The molecule has 24 heavy (non-hydrogen) atoms. The predicted molar refractivity (Wildman–Crippen MR) is 97.2 cm³/mol. The fourth-order valence-electron chi connectivity index (χ4n) is 3.09. The van der Waals surface area contributed by atoms with Gasteiger partial charge in [-0.2, -0.15) is 0 Å². The molecule has 0 bridgehead atoms. The third-order valence-corrected chi connectivity index (χ3v) is 4.37. The second-order valence-electron chi connectivity index (χ2n) is 6.02. The Morgan fingerprint density at radius 3 is 2.50 bits per heavy atom. The van der Waals surface area contributed by atoms with Crippen LogP contribution in [-0.2, 0) is 11.3 Å². The van der Waals surface area contributed by atoms with Crippen LogP contribution in [0.4, 0.5) is 5.69 Å². The summed E-state index contributed by atoms with van der Waals surface area (Å²) in [7, 11) is 1.64. The Bertz CT molecular complexity index is 722. The molecule has 3 heteroatoms. The standard InChI is InChI=1S/C21H23NO2/c1-24-20-15-9-8-14-19(20)22(16-17-10-4-2-5-11-17)21(23)18-12-6-3-7-13-18/h2,4-5,8-12,14-15H,3,6-7,13,16H2,1H3. The molecule has 0 atom stereocenters. The zero-order valence-electron chi connectivity index (χ0n) is 14.1. The maximum absolute atomic E-state index is 13.2. The Morgan fingerprint density at radius 2 is 1.79 bits per heavy atom. The average molecular weight is 321 g/mol. The van der Waals surface area contributed by atoms with Gasteiger partial charge in [0.2, 0.25) is 0 Å². The summed E-state index contributed by atoms with van der Waals surface area (Å²) in [6.07, 6.45) is 6.21. The van der Waals surface area contributed by atoms with E-state index in [4.69, 9.17) is 4.74 Å². The van der Waals surface area contributed by atoms with Crippen LogP contribution in [0.3, 0.4) is 0 Å². The summed E-state index contributed by atoms with van der Waals surface area (Å²) >= 11 is 0. The highest BCUT2D eigenvalue weighted by Crippen LogP contribution is 2.31. The molecule has 0 saturated carbocycles. The number of carbonyl (C=O) groups is 1. The van der Waals surface area contributed by atoms with Crippen LogP contribution in [0.2, 0.25) is 0 Å². The van der Waals surface area contributed by atoms with E-state index >= 15 is 0 Å². The number of ether oxygens (including phenoxy) is 1. The Labute approximate surface area is 143 Å². The summed E-state index contributed by atoms with van der Waals surface area (Å²) < 4.78 is 5.49. The molecule has 0 heterocycles. The molecular weight excluding hydrogens is 298 g/mol.